The van der Waals surface area contributed by atoms with E-state index >= 15 is 0 Å². The smallest absolute Gasteiger partial charge is 0.368 e. The van der Waals surface area contributed by atoms with E-state index in [2.05, 4.69) is 101 Å². The van der Waals surface area contributed by atoms with Gasteiger partial charge in [-0.15, -0.1) is 20.4 Å². The predicted octanol–water partition coefficient (Wildman–Crippen LogP) is 15.2. The number of halogens is 12. The molecule has 0 spiro atoms. The molecule has 4 fully saturated rings. The summed E-state index contributed by atoms with van der Waals surface area (Å²) >= 11 is 3.39. The maximum Gasteiger partial charge on any atom is 0.433 e. The molecule has 0 aliphatic carbocycles. The van der Waals surface area contributed by atoms with Crippen molar-refractivity contribution in [3.8, 4) is 91.1 Å². The van der Waals surface area contributed by atoms with Crippen LogP contribution in [-0.2, 0) is 51.5 Å². The van der Waals surface area contributed by atoms with Gasteiger partial charge in [0.2, 0.25) is 35.5 Å². The molecule has 32 nitrogen and oxygen atoms in total. The standard InChI is InChI=1S/C27H27F2N7O.C26H26F2N8O.C25H21BrF2N6O.C25H20F5N7O/c1-33(2)24-17-23(11-12-30-24)34-13-15-35(16-14-34)25(37)18-36-27(20-5-9-22(29)10-6-20)31-26(32-36)19-3-7-21(28)8-4-19;1-33(2)26-29-12-11-22(30-26)34-13-15-35(16-14-34)23(37)17-36-25(19-5-9-21(28)10-6-19)31-24(32-36)18-3-7-20(27)8-4-18;26-19-5-10-22(29-15-19)32-11-13-33(14-12-32)23(35)16-34-25(18-3-8-21(28)9-4-18)30-24(31-34)17-1-6-20(27)7-2-17;26-18-5-1-16(2-6-18)22-33-23(17-3-7-19(27)8-4-17)37(34-22)15-21(38)35-11-13-36(14-12-35)24-31-10-9-20(32-24)25(28,29)30/h3-12,17H,13-16,18H2,1-2H3;3-12H,13-17H2,1-2H3;1-10,15H,11-14,16H2;1-10H,11-15H2. The number of nitrogens with zero attached hydrogens (tertiary/aromatic N) is 28. The van der Waals surface area contributed by atoms with Gasteiger partial charge in [-0.2, -0.15) is 18.2 Å². The van der Waals surface area contributed by atoms with E-state index in [0.717, 1.165) is 39.9 Å². The van der Waals surface area contributed by atoms with Gasteiger partial charge in [-0.25, -0.2) is 98.7 Å². The molecule has 8 aromatic heterocycles. The Morgan fingerprint density at radius 1 is 0.299 bits per heavy atom. The fraction of sp³-hybridized carbons (Fsp3) is 0.243. The minimum Gasteiger partial charge on any atom is -0.368 e. The third-order valence-corrected chi connectivity index (χ3v) is 24.8. The number of hydrogen-bond acceptors (Lipinski definition) is 24. The lowest BCUT2D eigenvalue weighted by Crippen LogP contribution is -2.50. The monoisotopic (exact) mass is 2070 g/mol. The van der Waals surface area contributed by atoms with Crippen molar-refractivity contribution in [2.75, 3.05) is 162 Å². The molecular weight excluding hydrogens is 1980 g/mol. The van der Waals surface area contributed by atoms with Crippen LogP contribution in [0.3, 0.4) is 0 Å². The molecule has 12 heterocycles. The van der Waals surface area contributed by atoms with Crippen LogP contribution in [0.15, 0.2) is 260 Å². The lowest BCUT2D eigenvalue weighted by Gasteiger charge is -2.36. The maximum absolute atomic E-state index is 13.5. The molecule has 4 amide bonds. The van der Waals surface area contributed by atoms with Gasteiger partial charge in [-0.3, -0.25) is 19.2 Å². The summed E-state index contributed by atoms with van der Waals surface area (Å²) in [5, 5.41) is 18.1. The Balaban J connectivity index is 0.000000134. The summed E-state index contributed by atoms with van der Waals surface area (Å²) in [5.74, 6) is 2.56. The van der Waals surface area contributed by atoms with Crippen LogP contribution in [0.5, 0.6) is 0 Å². The quantitative estimate of drug-likeness (QED) is 0.0569. The Bertz CT molecular complexity index is 7010. The van der Waals surface area contributed by atoms with Crippen LogP contribution >= 0.6 is 15.9 Å². The van der Waals surface area contributed by atoms with E-state index in [1.807, 2.05) is 73.2 Å². The second-order valence-corrected chi connectivity index (χ2v) is 35.6. The van der Waals surface area contributed by atoms with Gasteiger partial charge in [0, 0.05) is 218 Å². The van der Waals surface area contributed by atoms with Gasteiger partial charge >= 0.3 is 6.18 Å². The molecule has 20 rings (SSSR count). The van der Waals surface area contributed by atoms with Gasteiger partial charge < -0.3 is 49.0 Å². The fourth-order valence-corrected chi connectivity index (χ4v) is 16.6. The topological polar surface area (TPSA) is 301 Å². The Morgan fingerprint density at radius 2 is 0.592 bits per heavy atom. The number of aromatic nitrogens is 18. The zero-order valence-corrected chi connectivity index (χ0v) is 81.2. The number of hydrogen-bond donors (Lipinski definition) is 0. The molecule has 0 N–H and O–H groups in total. The van der Waals surface area contributed by atoms with Crippen molar-refractivity contribution < 1.29 is 67.5 Å². The molecule has 0 bridgehead atoms. The highest BCUT2D eigenvalue weighted by molar-refractivity contribution is 9.10. The molecule has 44 heteroatoms. The Kier molecular flexibility index (Phi) is 31.7. The van der Waals surface area contributed by atoms with Crippen molar-refractivity contribution in [1.82, 2.24) is 109 Å². The van der Waals surface area contributed by atoms with E-state index in [1.165, 1.54) is 140 Å². The first kappa shape index (κ1) is 102. The molecule has 0 saturated carbocycles. The van der Waals surface area contributed by atoms with Crippen LogP contribution in [-0.4, -0.2) is 265 Å². The minimum absolute atomic E-state index is 0.0130. The molecule has 0 atom stereocenters. The van der Waals surface area contributed by atoms with Gasteiger partial charge in [-0.05, 0) is 240 Å². The van der Waals surface area contributed by atoms with E-state index in [9.17, 15) is 67.5 Å². The first-order valence-corrected chi connectivity index (χ1v) is 47.3. The summed E-state index contributed by atoms with van der Waals surface area (Å²) in [6, 6.07) is 56.8. The number of benzene rings is 8. The molecule has 8 aromatic carbocycles. The van der Waals surface area contributed by atoms with Crippen molar-refractivity contribution >= 4 is 74.6 Å². The van der Waals surface area contributed by atoms with Crippen LogP contribution in [0.4, 0.5) is 83.3 Å². The third kappa shape index (κ3) is 25.7. The van der Waals surface area contributed by atoms with E-state index < -0.39 is 23.5 Å². The minimum atomic E-state index is -4.58. The van der Waals surface area contributed by atoms with Crippen molar-refractivity contribution in [2.24, 2.45) is 0 Å². The van der Waals surface area contributed by atoms with E-state index in [1.54, 1.807) is 111 Å². The summed E-state index contributed by atoms with van der Waals surface area (Å²) in [5.41, 5.74) is 4.87. The number of carbonyl (C=O) groups is 4. The van der Waals surface area contributed by atoms with Crippen molar-refractivity contribution in [3.05, 3.63) is 312 Å². The normalized spacial score (nSPS) is 13.8. The highest BCUT2D eigenvalue weighted by Crippen LogP contribution is 2.34. The second kappa shape index (κ2) is 45.8. The molecule has 4 aliphatic rings. The molecule has 4 aliphatic heterocycles. The van der Waals surface area contributed by atoms with Gasteiger partial charge in [0.25, 0.3) is 0 Å². The van der Waals surface area contributed by atoms with E-state index in [-0.39, 0.29) is 123 Å². The molecule has 754 valence electrons. The lowest BCUT2D eigenvalue weighted by atomic mass is 10.2. The molecule has 4 saturated heterocycles. The average Bonchev–Trinajstić information content (AvgIpc) is 1.70. The molecule has 0 unspecified atom stereocenters. The maximum atomic E-state index is 13.5. The van der Waals surface area contributed by atoms with Crippen LogP contribution in [0.2, 0.25) is 0 Å². The predicted molar refractivity (Wildman–Crippen MR) is 532 cm³/mol. The molecule has 0 radical (unpaired) electrons. The summed E-state index contributed by atoms with van der Waals surface area (Å²) < 4.78 is 154. The van der Waals surface area contributed by atoms with Gasteiger partial charge in [0.05, 0.1) is 0 Å². The van der Waals surface area contributed by atoms with Crippen LogP contribution < -0.4 is 29.4 Å². The number of anilines is 6. The first-order valence-electron chi connectivity index (χ1n) is 46.5. The first-order chi connectivity index (χ1) is 70.9. The number of pyridine rings is 2. The van der Waals surface area contributed by atoms with Gasteiger partial charge in [-0.1, -0.05) is 0 Å². The summed E-state index contributed by atoms with van der Waals surface area (Å²) in [4.78, 5) is 115. The number of amides is 4. The Hall–Kier alpha value is -16.8. The third-order valence-electron chi connectivity index (χ3n) is 24.3. The fourth-order valence-electron chi connectivity index (χ4n) is 16.4. The van der Waals surface area contributed by atoms with Gasteiger partial charge in [0.1, 0.15) is 95.9 Å². The van der Waals surface area contributed by atoms with E-state index in [0.29, 0.717) is 170 Å². The SMILES string of the molecule is CN(C)c1cc(N2CCN(C(=O)Cn3nc(-c4ccc(F)cc4)nc3-c3ccc(F)cc3)CC2)ccn1.CN(C)c1nccc(N2CCN(C(=O)Cn3nc(-c4ccc(F)cc4)nc3-c3ccc(F)cc3)CC2)n1.O=C(Cn1nc(-c2ccc(F)cc2)nc1-c1ccc(F)cc1)N1CCN(c2ccc(Br)cn2)CC1.O=C(Cn1nc(-c2ccc(F)cc2)nc1-c1ccc(F)cc1)N1CCN(c2nccc(C(F)(F)F)n2)CC1. The summed E-state index contributed by atoms with van der Waals surface area (Å²) in [7, 11) is 7.69. The highest BCUT2D eigenvalue weighted by Gasteiger charge is 2.36. The number of alkyl halides is 3. The van der Waals surface area contributed by atoms with Crippen LogP contribution in [0.25, 0.3) is 91.1 Å². The van der Waals surface area contributed by atoms with Gasteiger partial charge in [0.15, 0.2) is 46.6 Å². The zero-order chi connectivity index (χ0) is 103. The summed E-state index contributed by atoms with van der Waals surface area (Å²) in [6.45, 7) is 8.08. The Labute approximate surface area is 843 Å². The van der Waals surface area contributed by atoms with E-state index in [4.69, 9.17) is 0 Å². The molecular formula is C103H94BrF11N28O4. The van der Waals surface area contributed by atoms with Crippen molar-refractivity contribution in [1.29, 1.82) is 0 Å². The number of carbonyl (C=O) groups excluding carboxylic acids is 4. The van der Waals surface area contributed by atoms with Crippen molar-refractivity contribution in [3.63, 3.8) is 0 Å². The van der Waals surface area contributed by atoms with Crippen LogP contribution in [0, 0.1) is 46.5 Å². The zero-order valence-electron chi connectivity index (χ0n) is 79.6. The largest absolute Gasteiger partial charge is 0.433 e. The van der Waals surface area contributed by atoms with Crippen molar-refractivity contribution in [2.45, 2.75) is 32.4 Å². The average molecular weight is 2080 g/mol. The molecule has 147 heavy (non-hydrogen) atoms. The number of rotatable bonds is 22. The van der Waals surface area contributed by atoms with Crippen LogP contribution in [0.1, 0.15) is 5.69 Å². The number of piperazine rings is 4. The summed E-state index contributed by atoms with van der Waals surface area (Å²) in [6.07, 6.45) is 1.76. The second-order valence-electron chi connectivity index (χ2n) is 34.6. The molecule has 16 aromatic rings. The highest BCUT2D eigenvalue weighted by atomic mass is 79.9. The lowest BCUT2D eigenvalue weighted by molar-refractivity contribution is -0.141. The Morgan fingerprint density at radius 3 is 0.891 bits per heavy atom.